The van der Waals surface area contributed by atoms with E-state index in [9.17, 15) is 26.4 Å². The summed E-state index contributed by atoms with van der Waals surface area (Å²) < 4.78 is 70.8. The Morgan fingerprint density at radius 1 is 1.10 bits per heavy atom. The van der Waals surface area contributed by atoms with E-state index in [0.717, 1.165) is 6.26 Å². The molecule has 0 N–H and O–H groups in total. The molecule has 2 aromatic carbocycles. The second-order valence-corrected chi connectivity index (χ2v) is 9.06. The third-order valence-electron chi connectivity index (χ3n) is 4.76. The van der Waals surface area contributed by atoms with Crippen LogP contribution in [0.2, 0.25) is 0 Å². The van der Waals surface area contributed by atoms with Gasteiger partial charge in [-0.2, -0.15) is 21.6 Å². The van der Waals surface area contributed by atoms with Crippen molar-refractivity contribution in [2.75, 3.05) is 0 Å². The van der Waals surface area contributed by atoms with Crippen molar-refractivity contribution in [3.8, 4) is 0 Å². The van der Waals surface area contributed by atoms with E-state index in [4.69, 9.17) is 4.74 Å². The highest BCUT2D eigenvalue weighted by Crippen LogP contribution is 2.41. The van der Waals surface area contributed by atoms with Crippen LogP contribution in [0, 0.1) is 0 Å². The molecule has 0 saturated heterocycles. The van der Waals surface area contributed by atoms with Crippen LogP contribution in [-0.4, -0.2) is 19.9 Å². The average Bonchev–Trinajstić information content (AvgIpc) is 2.70. The van der Waals surface area contributed by atoms with Gasteiger partial charge in [-0.15, -0.1) is 0 Å². The molecule has 0 unspecified atom stereocenters. The van der Waals surface area contributed by atoms with E-state index >= 15 is 0 Å². The fourth-order valence-electron chi connectivity index (χ4n) is 3.09. The number of hydrogen-bond donors (Lipinski definition) is 0. The van der Waals surface area contributed by atoms with E-state index < -0.39 is 27.0 Å². The number of fused-ring (bicyclic) bond motifs is 1. The number of halogens is 3. The molecule has 3 rings (SSSR count). The van der Waals surface area contributed by atoms with Gasteiger partial charge in [0.2, 0.25) is 0 Å². The summed E-state index contributed by atoms with van der Waals surface area (Å²) in [7, 11) is -5.80. The van der Waals surface area contributed by atoms with Crippen molar-refractivity contribution in [1.82, 2.24) is 0 Å². The van der Waals surface area contributed by atoms with Crippen molar-refractivity contribution in [3.05, 3.63) is 83.1 Å². The highest BCUT2D eigenvalue weighted by Gasteiger charge is 2.49. The molecule has 1 aliphatic carbocycles. The molecule has 0 aliphatic heterocycles. The SMILES string of the molecule is CC1(C)CC=C(OS(=O)(=O)C(F)(F)F)c2cc(C=COC(=O)c3ccccc3)ccc21. The topological polar surface area (TPSA) is 69.7 Å². The first-order valence-electron chi connectivity index (χ1n) is 9.19. The van der Waals surface area contributed by atoms with Crippen molar-refractivity contribution in [2.24, 2.45) is 0 Å². The van der Waals surface area contributed by atoms with Gasteiger partial charge in [-0.25, -0.2) is 4.79 Å². The zero-order valence-electron chi connectivity index (χ0n) is 16.6. The second kappa shape index (κ2) is 8.22. The van der Waals surface area contributed by atoms with Gasteiger partial charge in [0.25, 0.3) is 0 Å². The maximum absolute atomic E-state index is 12.8. The van der Waals surface area contributed by atoms with E-state index in [2.05, 4.69) is 4.18 Å². The number of benzene rings is 2. The Labute approximate surface area is 177 Å². The minimum absolute atomic E-state index is 0.223. The molecule has 5 nitrogen and oxygen atoms in total. The maximum atomic E-state index is 12.8. The Balaban J connectivity index is 1.87. The Morgan fingerprint density at radius 2 is 1.77 bits per heavy atom. The van der Waals surface area contributed by atoms with Gasteiger partial charge in [-0.05, 0) is 53.3 Å². The van der Waals surface area contributed by atoms with Crippen LogP contribution in [0.5, 0.6) is 0 Å². The molecule has 164 valence electrons. The zero-order valence-corrected chi connectivity index (χ0v) is 17.5. The Bertz CT molecular complexity index is 1150. The van der Waals surface area contributed by atoms with Crippen molar-refractivity contribution in [3.63, 3.8) is 0 Å². The monoisotopic (exact) mass is 452 g/mol. The van der Waals surface area contributed by atoms with Gasteiger partial charge in [0.15, 0.2) is 0 Å². The molecular weight excluding hydrogens is 433 g/mol. The predicted molar refractivity (Wildman–Crippen MR) is 109 cm³/mol. The highest BCUT2D eigenvalue weighted by molar-refractivity contribution is 7.87. The molecular formula is C22H19F3O5S. The second-order valence-electron chi connectivity index (χ2n) is 7.52. The van der Waals surface area contributed by atoms with Gasteiger partial charge < -0.3 is 8.92 Å². The van der Waals surface area contributed by atoms with E-state index in [0.29, 0.717) is 23.1 Å². The lowest BCUT2D eigenvalue weighted by atomic mass is 9.75. The van der Waals surface area contributed by atoms with Gasteiger partial charge >= 0.3 is 21.6 Å². The first-order chi connectivity index (χ1) is 14.4. The van der Waals surface area contributed by atoms with Crippen molar-refractivity contribution in [1.29, 1.82) is 0 Å². The summed E-state index contributed by atoms with van der Waals surface area (Å²) in [5.41, 5.74) is -4.27. The van der Waals surface area contributed by atoms with Crippen LogP contribution in [0.25, 0.3) is 11.8 Å². The molecule has 0 amide bonds. The molecule has 0 bridgehead atoms. The summed E-state index contributed by atoms with van der Waals surface area (Å²) in [6, 6.07) is 13.2. The van der Waals surface area contributed by atoms with Crippen LogP contribution < -0.4 is 0 Å². The minimum Gasteiger partial charge on any atom is -0.431 e. The fourth-order valence-corrected chi connectivity index (χ4v) is 3.58. The van der Waals surface area contributed by atoms with Crippen LogP contribution in [0.1, 0.15) is 47.3 Å². The van der Waals surface area contributed by atoms with Crippen molar-refractivity contribution < 1.29 is 35.3 Å². The van der Waals surface area contributed by atoms with Gasteiger partial charge in [0.05, 0.1) is 11.8 Å². The summed E-state index contributed by atoms with van der Waals surface area (Å²) in [6.07, 6.45) is 4.22. The van der Waals surface area contributed by atoms with E-state index in [1.165, 1.54) is 18.2 Å². The Kier molecular flexibility index (Phi) is 6.00. The fraction of sp³-hybridized carbons (Fsp3) is 0.227. The summed E-state index contributed by atoms with van der Waals surface area (Å²) in [6.45, 7) is 3.77. The molecule has 31 heavy (non-hydrogen) atoms. The molecule has 2 aromatic rings. The summed E-state index contributed by atoms with van der Waals surface area (Å²) in [5.74, 6) is -0.959. The highest BCUT2D eigenvalue weighted by atomic mass is 32.2. The van der Waals surface area contributed by atoms with E-state index in [1.807, 2.05) is 13.8 Å². The molecule has 0 saturated carbocycles. The van der Waals surface area contributed by atoms with Crippen molar-refractivity contribution in [2.45, 2.75) is 31.2 Å². The smallest absolute Gasteiger partial charge is 0.431 e. The molecule has 9 heteroatoms. The number of ether oxygens (including phenoxy) is 1. The van der Waals surface area contributed by atoms with Gasteiger partial charge in [0.1, 0.15) is 5.76 Å². The molecule has 0 heterocycles. The molecule has 0 spiro atoms. The van der Waals surface area contributed by atoms with Gasteiger partial charge in [0, 0.05) is 5.56 Å². The average molecular weight is 452 g/mol. The summed E-state index contributed by atoms with van der Waals surface area (Å²) >= 11 is 0. The van der Waals surface area contributed by atoms with Crippen molar-refractivity contribution >= 4 is 27.9 Å². The number of allylic oxidation sites excluding steroid dienone is 1. The van der Waals surface area contributed by atoms with E-state index in [-0.39, 0.29) is 11.3 Å². The quantitative estimate of drug-likeness (QED) is 0.263. The number of carbonyl (C=O) groups excluding carboxylic acids is 1. The van der Waals surface area contributed by atoms with Gasteiger partial charge in [-0.3, -0.25) is 0 Å². The number of hydrogen-bond acceptors (Lipinski definition) is 5. The predicted octanol–water partition coefficient (Wildman–Crippen LogP) is 5.40. The van der Waals surface area contributed by atoms with Crippen LogP contribution in [0.4, 0.5) is 13.2 Å². The summed E-state index contributed by atoms with van der Waals surface area (Å²) in [4.78, 5) is 12.0. The molecule has 0 radical (unpaired) electrons. The number of carbonyl (C=O) groups is 1. The lowest BCUT2D eigenvalue weighted by Gasteiger charge is -2.31. The largest absolute Gasteiger partial charge is 0.534 e. The first kappa shape index (κ1) is 22.6. The van der Waals surface area contributed by atoms with Crippen LogP contribution in [-0.2, 0) is 24.5 Å². The Hall–Kier alpha value is -3.07. The number of esters is 1. The molecule has 0 atom stereocenters. The summed E-state index contributed by atoms with van der Waals surface area (Å²) in [5, 5.41) is 0. The molecule has 0 aromatic heterocycles. The molecule has 0 fully saturated rings. The lowest BCUT2D eigenvalue weighted by Crippen LogP contribution is -2.27. The minimum atomic E-state index is -5.80. The standard InChI is InChI=1S/C22H19F3O5S/c1-21(2)12-10-19(30-31(27,28)22(23,24)25)17-14-15(8-9-18(17)21)11-13-29-20(26)16-6-4-3-5-7-16/h3-11,13-14H,12H2,1-2H3. The van der Waals surface area contributed by atoms with Crippen LogP contribution >= 0.6 is 0 Å². The van der Waals surface area contributed by atoms with E-state index in [1.54, 1.807) is 42.5 Å². The number of alkyl halides is 3. The zero-order chi connectivity index (χ0) is 22.9. The Morgan fingerprint density at radius 3 is 2.42 bits per heavy atom. The third-order valence-corrected chi connectivity index (χ3v) is 5.73. The van der Waals surface area contributed by atoms with Gasteiger partial charge in [-0.1, -0.05) is 44.2 Å². The van der Waals surface area contributed by atoms with Crippen LogP contribution in [0.15, 0.2) is 60.9 Å². The van der Waals surface area contributed by atoms with Crippen LogP contribution in [0.3, 0.4) is 0 Å². The third kappa shape index (κ3) is 4.99. The molecule has 1 aliphatic rings. The maximum Gasteiger partial charge on any atom is 0.534 e. The number of rotatable bonds is 5. The normalized spacial score (nSPS) is 15.8. The first-order valence-corrected chi connectivity index (χ1v) is 10.6. The lowest BCUT2D eigenvalue weighted by molar-refractivity contribution is -0.0509.